The highest BCUT2D eigenvalue weighted by molar-refractivity contribution is 6.00. The van der Waals surface area contributed by atoms with Crippen molar-refractivity contribution in [1.82, 2.24) is 14.9 Å². The lowest BCUT2D eigenvalue weighted by atomic mass is 10.1. The Kier molecular flexibility index (Phi) is 4.12. The summed E-state index contributed by atoms with van der Waals surface area (Å²) in [6.45, 7) is 0.893. The van der Waals surface area contributed by atoms with Gasteiger partial charge in [0.05, 0.1) is 23.5 Å². The molecule has 8 heteroatoms. The van der Waals surface area contributed by atoms with Crippen molar-refractivity contribution in [1.29, 1.82) is 0 Å². The second-order valence-electron chi connectivity index (χ2n) is 7.34. The average Bonchev–Trinajstić information content (AvgIpc) is 3.43. The standard InChI is InChI=1S/C21H20N4O4/c1-24(11-19-22-15-4-2-3-5-16(15)23-19)21(27)13-8-20(26)25(10-13)14-6-7-17-18(9-14)29-12-28-17/h2-7,9,13H,8,10-12H2,1H3,(H,22,23). The van der Waals surface area contributed by atoms with Gasteiger partial charge in [-0.3, -0.25) is 9.59 Å². The molecule has 0 aliphatic carbocycles. The predicted molar refractivity (Wildman–Crippen MR) is 106 cm³/mol. The van der Waals surface area contributed by atoms with E-state index in [1.165, 1.54) is 0 Å². The Bertz CT molecular complexity index is 1080. The predicted octanol–water partition coefficient (Wildman–Crippen LogP) is 2.30. The number of aromatic nitrogens is 2. The third-order valence-electron chi connectivity index (χ3n) is 5.34. The summed E-state index contributed by atoms with van der Waals surface area (Å²) in [5.41, 5.74) is 2.52. The van der Waals surface area contributed by atoms with E-state index in [4.69, 9.17) is 9.47 Å². The average molecular weight is 392 g/mol. The van der Waals surface area contributed by atoms with Gasteiger partial charge in [-0.1, -0.05) is 12.1 Å². The molecule has 0 saturated carbocycles. The zero-order valence-corrected chi connectivity index (χ0v) is 15.9. The molecule has 3 heterocycles. The van der Waals surface area contributed by atoms with Gasteiger partial charge in [-0.2, -0.15) is 0 Å². The minimum absolute atomic E-state index is 0.0675. The van der Waals surface area contributed by atoms with E-state index >= 15 is 0 Å². The van der Waals surface area contributed by atoms with Crippen LogP contribution in [-0.2, 0) is 16.1 Å². The number of carbonyl (C=O) groups excluding carboxylic acids is 2. The number of amides is 2. The summed E-state index contributed by atoms with van der Waals surface area (Å²) in [4.78, 5) is 36.5. The zero-order chi connectivity index (χ0) is 20.0. The van der Waals surface area contributed by atoms with E-state index in [9.17, 15) is 9.59 Å². The molecule has 1 atom stereocenters. The first-order valence-corrected chi connectivity index (χ1v) is 9.47. The molecule has 1 saturated heterocycles. The van der Waals surface area contributed by atoms with Gasteiger partial charge >= 0.3 is 0 Å². The number of anilines is 1. The first-order valence-electron chi connectivity index (χ1n) is 9.47. The van der Waals surface area contributed by atoms with Crippen molar-refractivity contribution >= 4 is 28.5 Å². The third kappa shape index (κ3) is 3.16. The molecule has 3 aromatic rings. The maximum atomic E-state index is 12.9. The maximum absolute atomic E-state index is 12.9. The normalized spacial score (nSPS) is 17.9. The second kappa shape index (κ2) is 6.80. The molecule has 1 N–H and O–H groups in total. The van der Waals surface area contributed by atoms with E-state index in [0.717, 1.165) is 22.5 Å². The topological polar surface area (TPSA) is 87.8 Å². The fourth-order valence-corrected chi connectivity index (χ4v) is 3.87. The van der Waals surface area contributed by atoms with Crippen molar-refractivity contribution in [2.45, 2.75) is 13.0 Å². The van der Waals surface area contributed by atoms with E-state index in [0.29, 0.717) is 24.6 Å². The van der Waals surface area contributed by atoms with Crippen molar-refractivity contribution in [3.8, 4) is 11.5 Å². The lowest BCUT2D eigenvalue weighted by molar-refractivity contribution is -0.135. The number of nitrogens with zero attached hydrogens (tertiary/aromatic N) is 3. The number of benzene rings is 2. The first-order chi connectivity index (χ1) is 14.1. The second-order valence-corrected chi connectivity index (χ2v) is 7.34. The SMILES string of the molecule is CN(Cc1nc2ccccc2[nH]1)C(=O)C1CC(=O)N(c2ccc3c(c2)OCO3)C1. The number of hydrogen-bond acceptors (Lipinski definition) is 5. The molecule has 0 radical (unpaired) electrons. The largest absolute Gasteiger partial charge is 0.454 e. The summed E-state index contributed by atoms with van der Waals surface area (Å²) in [5.74, 6) is 1.48. The Balaban J connectivity index is 1.28. The van der Waals surface area contributed by atoms with Gasteiger partial charge in [0, 0.05) is 31.8 Å². The van der Waals surface area contributed by atoms with Crippen LogP contribution in [0, 0.1) is 5.92 Å². The highest BCUT2D eigenvalue weighted by atomic mass is 16.7. The smallest absolute Gasteiger partial charge is 0.231 e. The number of ether oxygens (including phenoxy) is 2. The molecule has 2 aliphatic heterocycles. The van der Waals surface area contributed by atoms with Gasteiger partial charge in [0.1, 0.15) is 5.82 Å². The molecule has 0 bridgehead atoms. The molecule has 2 aromatic carbocycles. The van der Waals surface area contributed by atoms with Crippen LogP contribution in [0.1, 0.15) is 12.2 Å². The van der Waals surface area contributed by atoms with E-state index in [1.54, 1.807) is 29.0 Å². The maximum Gasteiger partial charge on any atom is 0.231 e. The summed E-state index contributed by atoms with van der Waals surface area (Å²) in [5, 5.41) is 0. The first kappa shape index (κ1) is 17.5. The number of carbonyl (C=O) groups is 2. The van der Waals surface area contributed by atoms with Gasteiger partial charge in [0.2, 0.25) is 18.6 Å². The number of rotatable bonds is 4. The molecule has 1 fully saturated rings. The molecule has 2 aliphatic rings. The van der Waals surface area contributed by atoms with Crippen molar-refractivity contribution in [2.75, 3.05) is 25.3 Å². The van der Waals surface area contributed by atoms with E-state index in [2.05, 4.69) is 9.97 Å². The van der Waals surface area contributed by atoms with Crippen LogP contribution < -0.4 is 14.4 Å². The minimum Gasteiger partial charge on any atom is -0.454 e. The lowest BCUT2D eigenvalue weighted by Crippen LogP contribution is -2.34. The quantitative estimate of drug-likeness (QED) is 0.736. The van der Waals surface area contributed by atoms with Crippen LogP contribution in [-0.4, -0.2) is 47.1 Å². The van der Waals surface area contributed by atoms with Crippen LogP contribution in [0.15, 0.2) is 42.5 Å². The molecule has 8 nitrogen and oxygen atoms in total. The highest BCUT2D eigenvalue weighted by Gasteiger charge is 2.37. The fourth-order valence-electron chi connectivity index (χ4n) is 3.87. The van der Waals surface area contributed by atoms with Gasteiger partial charge in [0.15, 0.2) is 11.5 Å². The number of nitrogens with one attached hydrogen (secondary N) is 1. The molecule has 1 aromatic heterocycles. The molecule has 148 valence electrons. The number of para-hydroxylation sites is 2. The van der Waals surface area contributed by atoms with Crippen LogP contribution in [0.2, 0.25) is 0 Å². The molecule has 0 spiro atoms. The molecule has 29 heavy (non-hydrogen) atoms. The Morgan fingerprint density at radius 2 is 2.07 bits per heavy atom. The van der Waals surface area contributed by atoms with Crippen molar-refractivity contribution in [3.05, 3.63) is 48.3 Å². The number of hydrogen-bond donors (Lipinski definition) is 1. The summed E-state index contributed by atoms with van der Waals surface area (Å²) < 4.78 is 10.7. The number of H-pyrrole nitrogens is 1. The van der Waals surface area contributed by atoms with Crippen molar-refractivity contribution < 1.29 is 19.1 Å². The third-order valence-corrected chi connectivity index (χ3v) is 5.34. The van der Waals surface area contributed by atoms with Crippen molar-refractivity contribution in [2.24, 2.45) is 5.92 Å². The van der Waals surface area contributed by atoms with Crippen LogP contribution >= 0.6 is 0 Å². The monoisotopic (exact) mass is 392 g/mol. The highest BCUT2D eigenvalue weighted by Crippen LogP contribution is 2.37. The summed E-state index contributed by atoms with van der Waals surface area (Å²) in [6.07, 6.45) is 0.192. The summed E-state index contributed by atoms with van der Waals surface area (Å²) in [6, 6.07) is 13.1. The molecular formula is C21H20N4O4. The Labute approximate surface area is 167 Å². The Morgan fingerprint density at radius 3 is 2.93 bits per heavy atom. The van der Waals surface area contributed by atoms with Crippen LogP contribution in [0.4, 0.5) is 5.69 Å². The molecule has 5 rings (SSSR count). The number of fused-ring (bicyclic) bond motifs is 2. The molecule has 2 amide bonds. The van der Waals surface area contributed by atoms with E-state index in [-0.39, 0.29) is 30.9 Å². The zero-order valence-electron chi connectivity index (χ0n) is 15.9. The lowest BCUT2D eigenvalue weighted by Gasteiger charge is -2.21. The molecular weight excluding hydrogens is 372 g/mol. The summed E-state index contributed by atoms with van der Waals surface area (Å²) in [7, 11) is 1.74. The van der Waals surface area contributed by atoms with Gasteiger partial charge < -0.3 is 24.3 Å². The van der Waals surface area contributed by atoms with Gasteiger partial charge in [-0.25, -0.2) is 4.98 Å². The Hall–Kier alpha value is -3.55. The Morgan fingerprint density at radius 1 is 1.24 bits per heavy atom. The van der Waals surface area contributed by atoms with Gasteiger partial charge in [-0.15, -0.1) is 0 Å². The number of imidazole rings is 1. The van der Waals surface area contributed by atoms with Crippen LogP contribution in [0.25, 0.3) is 11.0 Å². The van der Waals surface area contributed by atoms with Crippen molar-refractivity contribution in [3.63, 3.8) is 0 Å². The van der Waals surface area contributed by atoms with E-state index in [1.807, 2.05) is 30.3 Å². The minimum atomic E-state index is -0.387. The summed E-state index contributed by atoms with van der Waals surface area (Å²) >= 11 is 0. The van der Waals surface area contributed by atoms with E-state index < -0.39 is 0 Å². The van der Waals surface area contributed by atoms with Crippen LogP contribution in [0.5, 0.6) is 11.5 Å². The van der Waals surface area contributed by atoms with Gasteiger partial charge in [-0.05, 0) is 24.3 Å². The fraction of sp³-hybridized carbons (Fsp3) is 0.286. The van der Waals surface area contributed by atoms with Crippen LogP contribution in [0.3, 0.4) is 0 Å². The molecule has 1 unspecified atom stereocenters. The van der Waals surface area contributed by atoms with Gasteiger partial charge in [0.25, 0.3) is 0 Å². The number of aromatic amines is 1.